The van der Waals surface area contributed by atoms with Crippen molar-refractivity contribution in [3.05, 3.63) is 63.5 Å². The maximum atomic E-state index is 16.3. The summed E-state index contributed by atoms with van der Waals surface area (Å²) < 4.78 is 55.0. The summed E-state index contributed by atoms with van der Waals surface area (Å²) in [6.45, 7) is 9.22. The Hall–Kier alpha value is -3.30. The molecule has 12 heteroatoms. The fourth-order valence-corrected chi connectivity index (χ4v) is 7.84. The van der Waals surface area contributed by atoms with Crippen LogP contribution in [0.4, 0.5) is 18.2 Å². The van der Waals surface area contributed by atoms with E-state index in [1.807, 2.05) is 30.9 Å². The van der Waals surface area contributed by atoms with E-state index < -0.39 is 17.8 Å². The Morgan fingerprint density at radius 2 is 2.06 bits per heavy atom. The van der Waals surface area contributed by atoms with E-state index in [1.165, 1.54) is 25.0 Å². The summed E-state index contributed by atoms with van der Waals surface area (Å²) >= 11 is 7.72. The van der Waals surface area contributed by atoms with Gasteiger partial charge in [-0.05, 0) is 81.8 Å². The Bertz CT molecular complexity index is 1710. The molecule has 0 amide bonds. The van der Waals surface area contributed by atoms with E-state index in [1.54, 1.807) is 20.1 Å². The van der Waals surface area contributed by atoms with Crippen molar-refractivity contribution in [3.8, 4) is 17.2 Å². The molecular formula is C35H41ClF3N5O2S. The standard InChI is InChI=1S/C28H29ClF2N4O2S.C7H12FN/c1-5-6-22(36-4)34-28(35-10-9-15(2)37-12-11-35)18-13-20(29)24(25(31)16(18)3)17-7-8-21(30)26-23(17)19(14-32)27(33)38-26;8-6-4-7-2-1-3-9(7)5-6/h6-8,13,15H,5,9-12,33H2,1-4H3;6-7H,1-5H2/b22-6-,34-28+;. The molecule has 47 heavy (non-hydrogen) atoms. The number of methoxy groups -OCH3 is 1. The first kappa shape index (κ1) is 35.0. The van der Waals surface area contributed by atoms with Crippen molar-refractivity contribution in [2.45, 2.75) is 71.2 Å². The molecule has 2 aromatic carbocycles. The number of halogens is 4. The van der Waals surface area contributed by atoms with Crippen molar-refractivity contribution in [3.63, 3.8) is 0 Å². The van der Waals surface area contributed by atoms with Gasteiger partial charge in [-0.3, -0.25) is 4.90 Å². The highest BCUT2D eigenvalue weighted by molar-refractivity contribution is 7.23. The van der Waals surface area contributed by atoms with Crippen LogP contribution in [0.2, 0.25) is 5.02 Å². The minimum Gasteiger partial charge on any atom is -0.481 e. The maximum absolute atomic E-state index is 16.3. The number of nitrogen functional groups attached to an aromatic ring is 1. The second-order valence-electron chi connectivity index (χ2n) is 12.1. The fourth-order valence-electron chi connectivity index (χ4n) is 6.60. The lowest BCUT2D eigenvalue weighted by molar-refractivity contribution is 0.0768. The Balaban J connectivity index is 0.000000410. The molecule has 7 nitrogen and oxygen atoms in total. The summed E-state index contributed by atoms with van der Waals surface area (Å²) in [6.07, 6.45) is 6.23. The van der Waals surface area contributed by atoms with Crippen LogP contribution in [0.15, 0.2) is 35.2 Å². The molecule has 0 spiro atoms. The number of nitrogens with two attached hydrogens (primary N) is 1. The second kappa shape index (κ2) is 15.3. The molecule has 2 N–H and O–H groups in total. The lowest BCUT2D eigenvalue weighted by Gasteiger charge is -2.26. The molecule has 3 unspecified atom stereocenters. The highest BCUT2D eigenvalue weighted by Crippen LogP contribution is 2.44. The van der Waals surface area contributed by atoms with Gasteiger partial charge in [-0.2, -0.15) is 10.3 Å². The number of anilines is 1. The van der Waals surface area contributed by atoms with E-state index in [9.17, 15) is 14.0 Å². The molecule has 0 radical (unpaired) electrons. The lowest BCUT2D eigenvalue weighted by atomic mass is 9.94. The van der Waals surface area contributed by atoms with E-state index >= 15 is 4.39 Å². The first-order valence-corrected chi connectivity index (χ1v) is 17.2. The molecule has 0 saturated carbocycles. The van der Waals surface area contributed by atoms with Crippen LogP contribution in [0.25, 0.3) is 21.2 Å². The molecule has 6 rings (SSSR count). The lowest BCUT2D eigenvalue weighted by Crippen LogP contribution is -2.35. The molecule has 3 aliphatic rings. The molecule has 3 fully saturated rings. The number of ether oxygens (including phenoxy) is 2. The summed E-state index contributed by atoms with van der Waals surface area (Å²) in [6, 6.07) is 6.97. The van der Waals surface area contributed by atoms with Gasteiger partial charge in [0.2, 0.25) is 5.88 Å². The van der Waals surface area contributed by atoms with Gasteiger partial charge in [-0.1, -0.05) is 24.6 Å². The number of nitriles is 1. The fraction of sp³-hybridized carbons (Fsp3) is 0.486. The summed E-state index contributed by atoms with van der Waals surface area (Å²) in [4.78, 5) is 9.11. The zero-order chi connectivity index (χ0) is 33.8. The van der Waals surface area contributed by atoms with Crippen LogP contribution in [0.1, 0.15) is 62.6 Å². The third kappa shape index (κ3) is 7.41. The number of allylic oxidation sites excluding steroid dienone is 1. The Kier molecular flexibility index (Phi) is 11.4. The van der Waals surface area contributed by atoms with Gasteiger partial charge in [0.05, 0.1) is 35.1 Å². The van der Waals surface area contributed by atoms with Crippen molar-refractivity contribution in [1.29, 1.82) is 5.26 Å². The molecular weight excluding hydrogens is 647 g/mol. The zero-order valence-electron chi connectivity index (χ0n) is 27.2. The van der Waals surface area contributed by atoms with Crippen LogP contribution in [0, 0.1) is 29.9 Å². The molecule has 0 bridgehead atoms. The van der Waals surface area contributed by atoms with E-state index in [4.69, 9.17) is 31.8 Å². The highest BCUT2D eigenvalue weighted by atomic mass is 35.5. The van der Waals surface area contributed by atoms with Gasteiger partial charge in [0.25, 0.3) is 0 Å². The molecule has 3 aliphatic heterocycles. The van der Waals surface area contributed by atoms with E-state index in [2.05, 4.69) is 4.90 Å². The van der Waals surface area contributed by atoms with Crippen LogP contribution in [-0.4, -0.2) is 73.8 Å². The number of amidine groups is 1. The number of alkyl halides is 1. The number of fused-ring (bicyclic) bond motifs is 2. The Morgan fingerprint density at radius 1 is 1.28 bits per heavy atom. The largest absolute Gasteiger partial charge is 0.481 e. The average molecular weight is 688 g/mol. The van der Waals surface area contributed by atoms with E-state index in [0.717, 1.165) is 30.7 Å². The molecule has 0 aliphatic carbocycles. The maximum Gasteiger partial charge on any atom is 0.210 e. The van der Waals surface area contributed by atoms with Crippen molar-refractivity contribution in [2.75, 3.05) is 45.6 Å². The first-order valence-electron chi connectivity index (χ1n) is 16.0. The molecule has 1 aromatic heterocycles. The van der Waals surface area contributed by atoms with Gasteiger partial charge in [0.1, 0.15) is 34.7 Å². The number of nitrogens with zero attached hydrogens (tertiary/aromatic N) is 4. The number of rotatable bonds is 5. The van der Waals surface area contributed by atoms with E-state index in [0.29, 0.717) is 67.1 Å². The van der Waals surface area contributed by atoms with Gasteiger partial charge < -0.3 is 20.1 Å². The van der Waals surface area contributed by atoms with E-state index in [-0.39, 0.29) is 37.3 Å². The predicted octanol–water partition coefficient (Wildman–Crippen LogP) is 8.21. The summed E-state index contributed by atoms with van der Waals surface area (Å²) in [5.74, 6) is -0.183. The quantitative estimate of drug-likeness (QED) is 0.165. The number of hydrogen-bond donors (Lipinski definition) is 1. The van der Waals surface area contributed by atoms with Crippen LogP contribution >= 0.6 is 22.9 Å². The van der Waals surface area contributed by atoms with Gasteiger partial charge >= 0.3 is 0 Å². The second-order valence-corrected chi connectivity index (χ2v) is 13.6. The normalized spacial score (nSPS) is 22.1. The molecule has 3 saturated heterocycles. The van der Waals surface area contributed by atoms with Crippen molar-refractivity contribution >= 4 is 43.9 Å². The number of aliphatic imine (C=N–C) groups is 1. The van der Waals surface area contributed by atoms with Crippen LogP contribution in [0.3, 0.4) is 0 Å². The number of benzene rings is 2. The Morgan fingerprint density at radius 3 is 2.77 bits per heavy atom. The van der Waals surface area contributed by atoms with Gasteiger partial charge in [-0.25, -0.2) is 13.2 Å². The number of thiophene rings is 1. The van der Waals surface area contributed by atoms with Crippen molar-refractivity contribution in [1.82, 2.24) is 9.80 Å². The predicted molar refractivity (Wildman–Crippen MR) is 184 cm³/mol. The highest BCUT2D eigenvalue weighted by Gasteiger charge is 2.34. The summed E-state index contributed by atoms with van der Waals surface area (Å²) in [5, 5.41) is 10.2. The van der Waals surface area contributed by atoms with Crippen LogP contribution in [0.5, 0.6) is 0 Å². The number of hydrogen-bond acceptors (Lipinski definition) is 7. The minimum absolute atomic E-state index is 0.0791. The van der Waals surface area contributed by atoms with Crippen molar-refractivity contribution < 1.29 is 22.6 Å². The molecule has 4 heterocycles. The average Bonchev–Trinajstić information content (AvgIpc) is 3.68. The van der Waals surface area contributed by atoms with Gasteiger partial charge in [-0.15, -0.1) is 11.3 Å². The first-order chi connectivity index (χ1) is 22.6. The molecule has 3 atom stereocenters. The van der Waals surface area contributed by atoms with Crippen LogP contribution < -0.4 is 5.73 Å². The SMILES string of the molecule is CC/C=C(/N=C(\c1cc(Cl)c(-c2ccc(F)c3sc(N)c(C#N)c23)c(F)c1C)N1CCOC(C)CC1)OC.FC1CC2CCCN2C1. The monoisotopic (exact) mass is 687 g/mol. The summed E-state index contributed by atoms with van der Waals surface area (Å²) in [5.41, 5.74) is 7.30. The smallest absolute Gasteiger partial charge is 0.210 e. The third-order valence-electron chi connectivity index (χ3n) is 9.03. The third-order valence-corrected chi connectivity index (χ3v) is 10.4. The van der Waals surface area contributed by atoms with Gasteiger partial charge in [0.15, 0.2) is 0 Å². The van der Waals surface area contributed by atoms with Gasteiger partial charge in [0, 0.05) is 42.2 Å². The molecule has 252 valence electrons. The minimum atomic E-state index is -0.584. The molecule has 3 aromatic rings. The Labute approximate surface area is 283 Å². The topological polar surface area (TPSA) is 87.1 Å². The van der Waals surface area contributed by atoms with Crippen LogP contribution in [-0.2, 0) is 9.47 Å². The summed E-state index contributed by atoms with van der Waals surface area (Å²) in [7, 11) is 1.54. The van der Waals surface area contributed by atoms with Crippen molar-refractivity contribution in [2.24, 2.45) is 4.99 Å². The zero-order valence-corrected chi connectivity index (χ0v) is 28.8.